The van der Waals surface area contributed by atoms with Gasteiger partial charge in [0.2, 0.25) is 0 Å². The minimum Gasteiger partial charge on any atom is -0.410 e. The molecule has 0 heterocycles. The molecule has 0 aliphatic carbocycles. The number of hydrogen-bond acceptors (Lipinski definition) is 4. The van der Waals surface area contributed by atoms with Gasteiger partial charge in [-0.3, -0.25) is 0 Å². The van der Waals surface area contributed by atoms with Crippen LogP contribution in [0.5, 0.6) is 5.75 Å². The van der Waals surface area contributed by atoms with E-state index in [4.69, 9.17) is 10.7 Å². The van der Waals surface area contributed by atoms with E-state index in [1.807, 2.05) is 54.6 Å². The maximum absolute atomic E-state index is 5.18. The summed E-state index contributed by atoms with van der Waals surface area (Å²) in [4.78, 5) is 5.73. The summed E-state index contributed by atoms with van der Waals surface area (Å²) in [5.74, 6) is 5.84. The van der Waals surface area contributed by atoms with Crippen LogP contribution in [0, 0.1) is 0 Å². The van der Waals surface area contributed by atoms with Crippen molar-refractivity contribution >= 4 is 17.6 Å². The van der Waals surface area contributed by atoms with Gasteiger partial charge in [0.1, 0.15) is 0 Å². The summed E-state index contributed by atoms with van der Waals surface area (Å²) in [6, 6.07) is 17.5. The molecule has 0 aromatic heterocycles. The minimum atomic E-state index is 0.663. The van der Waals surface area contributed by atoms with Crippen LogP contribution in [0.1, 0.15) is 0 Å². The second kappa shape index (κ2) is 5.44. The first-order valence-corrected chi connectivity index (χ1v) is 5.65. The van der Waals surface area contributed by atoms with Gasteiger partial charge in [0.05, 0.1) is 4.90 Å². The fraction of sp³-hybridized carbons (Fsp3) is 0. The molecule has 4 heteroatoms. The van der Waals surface area contributed by atoms with Gasteiger partial charge in [-0.2, -0.15) is 5.90 Å². The maximum atomic E-state index is 5.18. The molecule has 2 aromatic rings. The summed E-state index contributed by atoms with van der Waals surface area (Å²) in [6.07, 6.45) is 0. The van der Waals surface area contributed by atoms with E-state index < -0.39 is 0 Å². The lowest BCUT2D eigenvalue weighted by Crippen LogP contribution is -2.03. The molecule has 0 aliphatic heterocycles. The molecule has 0 saturated carbocycles. The van der Waals surface area contributed by atoms with Crippen LogP contribution in [0.25, 0.3) is 0 Å². The van der Waals surface area contributed by atoms with Gasteiger partial charge >= 0.3 is 0 Å². The molecule has 82 valence electrons. The molecule has 0 spiro atoms. The van der Waals surface area contributed by atoms with E-state index in [0.717, 1.165) is 10.6 Å². The van der Waals surface area contributed by atoms with Crippen molar-refractivity contribution in [3.8, 4) is 5.75 Å². The van der Waals surface area contributed by atoms with Crippen molar-refractivity contribution < 1.29 is 4.84 Å². The number of rotatable bonds is 4. The van der Waals surface area contributed by atoms with Crippen molar-refractivity contribution in [1.82, 2.24) is 0 Å². The van der Waals surface area contributed by atoms with Gasteiger partial charge < -0.3 is 9.56 Å². The van der Waals surface area contributed by atoms with Gasteiger partial charge in [0.15, 0.2) is 5.75 Å². The average Bonchev–Trinajstić information content (AvgIpc) is 2.38. The highest BCUT2D eigenvalue weighted by Gasteiger charge is 2.02. The fourth-order valence-electron chi connectivity index (χ4n) is 1.25. The number of anilines is 1. The lowest BCUT2D eigenvalue weighted by atomic mass is 10.3. The molecule has 2 rings (SSSR count). The summed E-state index contributed by atoms with van der Waals surface area (Å²) < 4.78 is 3.22. The van der Waals surface area contributed by atoms with Crippen molar-refractivity contribution in [3.63, 3.8) is 0 Å². The zero-order valence-electron chi connectivity index (χ0n) is 8.59. The normalized spacial score (nSPS) is 9.81. The molecular weight excluding hydrogens is 220 g/mol. The van der Waals surface area contributed by atoms with Gasteiger partial charge in [-0.15, -0.1) is 0 Å². The molecule has 0 bridgehead atoms. The Morgan fingerprint density at radius 3 is 2.38 bits per heavy atom. The lowest BCUT2D eigenvalue weighted by molar-refractivity contribution is 0.326. The minimum absolute atomic E-state index is 0.663. The smallest absolute Gasteiger partial charge is 0.162 e. The molecule has 0 fully saturated rings. The van der Waals surface area contributed by atoms with Crippen LogP contribution in [0.4, 0.5) is 5.69 Å². The van der Waals surface area contributed by atoms with Crippen molar-refractivity contribution in [3.05, 3.63) is 54.6 Å². The molecule has 3 N–H and O–H groups in total. The van der Waals surface area contributed by atoms with E-state index in [-0.39, 0.29) is 0 Å². The molecule has 2 aromatic carbocycles. The zero-order chi connectivity index (χ0) is 11.2. The standard InChI is InChI=1S/C12H12N2OS/c13-15-11-8-4-5-9-12(11)16-14-10-6-2-1-3-7-10/h1-9,14H,13H2. The molecule has 0 atom stereocenters. The average molecular weight is 232 g/mol. The summed E-state index contributed by atoms with van der Waals surface area (Å²) in [7, 11) is 0. The van der Waals surface area contributed by atoms with Gasteiger partial charge in [0, 0.05) is 5.69 Å². The monoisotopic (exact) mass is 232 g/mol. The maximum Gasteiger partial charge on any atom is 0.162 e. The Hall–Kier alpha value is -1.65. The summed E-state index contributed by atoms with van der Waals surface area (Å²) in [5, 5.41) is 0. The molecule has 16 heavy (non-hydrogen) atoms. The molecule has 0 aliphatic rings. The zero-order valence-corrected chi connectivity index (χ0v) is 9.41. The third-order valence-electron chi connectivity index (χ3n) is 2.03. The number of hydrogen-bond donors (Lipinski definition) is 2. The Balaban J connectivity index is 2.05. The fourth-order valence-corrected chi connectivity index (χ4v) is 1.98. The van der Waals surface area contributed by atoms with E-state index in [0.29, 0.717) is 5.75 Å². The predicted octanol–water partition coefficient (Wildman–Crippen LogP) is 3.06. The highest BCUT2D eigenvalue weighted by molar-refractivity contribution is 8.00. The predicted molar refractivity (Wildman–Crippen MR) is 67.2 cm³/mol. The second-order valence-electron chi connectivity index (χ2n) is 3.13. The van der Waals surface area contributed by atoms with Gasteiger partial charge in [-0.1, -0.05) is 30.3 Å². The Bertz CT molecular complexity index is 448. The molecule has 0 amide bonds. The molecule has 0 saturated heterocycles. The third kappa shape index (κ3) is 2.68. The van der Waals surface area contributed by atoms with E-state index in [2.05, 4.69) is 4.72 Å². The molecular formula is C12H12N2OS. The van der Waals surface area contributed by atoms with E-state index >= 15 is 0 Å². The van der Waals surface area contributed by atoms with Crippen LogP contribution in [0.2, 0.25) is 0 Å². The Morgan fingerprint density at radius 1 is 0.938 bits per heavy atom. The number of nitrogens with one attached hydrogen (secondary N) is 1. The number of nitrogens with two attached hydrogens (primary N) is 1. The van der Waals surface area contributed by atoms with Gasteiger partial charge in [-0.25, -0.2) is 0 Å². The number of benzene rings is 2. The first-order chi connectivity index (χ1) is 7.90. The van der Waals surface area contributed by atoms with Crippen molar-refractivity contribution in [1.29, 1.82) is 0 Å². The third-order valence-corrected chi connectivity index (χ3v) is 2.92. The summed E-state index contributed by atoms with van der Waals surface area (Å²) >= 11 is 1.47. The Labute approximate surface area is 98.7 Å². The topological polar surface area (TPSA) is 47.3 Å². The molecule has 3 nitrogen and oxygen atoms in total. The van der Waals surface area contributed by atoms with Crippen molar-refractivity contribution in [2.45, 2.75) is 4.90 Å². The first kappa shape index (κ1) is 10.9. The van der Waals surface area contributed by atoms with Crippen LogP contribution in [-0.4, -0.2) is 0 Å². The van der Waals surface area contributed by atoms with E-state index in [1.165, 1.54) is 11.9 Å². The van der Waals surface area contributed by atoms with Crippen LogP contribution < -0.4 is 15.5 Å². The largest absolute Gasteiger partial charge is 0.410 e. The van der Waals surface area contributed by atoms with Crippen molar-refractivity contribution in [2.75, 3.05) is 4.72 Å². The Morgan fingerprint density at radius 2 is 1.62 bits per heavy atom. The van der Waals surface area contributed by atoms with Crippen LogP contribution in [0.3, 0.4) is 0 Å². The van der Waals surface area contributed by atoms with E-state index in [1.54, 1.807) is 0 Å². The van der Waals surface area contributed by atoms with Gasteiger partial charge in [-0.05, 0) is 36.2 Å². The van der Waals surface area contributed by atoms with Crippen LogP contribution in [-0.2, 0) is 0 Å². The van der Waals surface area contributed by atoms with E-state index in [9.17, 15) is 0 Å². The highest BCUT2D eigenvalue weighted by atomic mass is 32.2. The first-order valence-electron chi connectivity index (χ1n) is 4.84. The summed E-state index contributed by atoms with van der Waals surface area (Å²) in [6.45, 7) is 0. The van der Waals surface area contributed by atoms with Crippen LogP contribution in [0.15, 0.2) is 59.5 Å². The second-order valence-corrected chi connectivity index (χ2v) is 3.98. The quantitative estimate of drug-likeness (QED) is 0.628. The highest BCUT2D eigenvalue weighted by Crippen LogP contribution is 2.28. The van der Waals surface area contributed by atoms with Gasteiger partial charge in [0.25, 0.3) is 0 Å². The molecule has 0 radical (unpaired) electrons. The van der Waals surface area contributed by atoms with Crippen molar-refractivity contribution in [2.24, 2.45) is 5.90 Å². The SMILES string of the molecule is NOc1ccccc1SNc1ccccc1. The molecule has 0 unspecified atom stereocenters. The summed E-state index contributed by atoms with van der Waals surface area (Å²) in [5.41, 5.74) is 1.04. The number of para-hydroxylation sites is 2. The Kier molecular flexibility index (Phi) is 3.69. The van der Waals surface area contributed by atoms with Crippen LogP contribution >= 0.6 is 11.9 Å². The lowest BCUT2D eigenvalue weighted by Gasteiger charge is -2.08.